The minimum absolute atomic E-state index is 0.0392. The Morgan fingerprint density at radius 3 is 1.85 bits per heavy atom. The van der Waals surface area contributed by atoms with Crippen LogP contribution in [0.25, 0.3) is 77.7 Å². The van der Waals surface area contributed by atoms with E-state index in [1.165, 1.54) is 50.0 Å². The molecule has 8 aromatic carbocycles. The fraction of sp³-hybridized carbons (Fsp3) is 0.194. The maximum absolute atomic E-state index is 8.60. The molecule has 0 N–H and O–H groups in total. The summed E-state index contributed by atoms with van der Waals surface area (Å²) in [7, 11) is 0. The van der Waals surface area contributed by atoms with Gasteiger partial charge < -0.3 is 0 Å². The Morgan fingerprint density at radius 2 is 1.15 bits per heavy atom. The molecule has 0 bridgehead atoms. The van der Waals surface area contributed by atoms with Gasteiger partial charge in [0.25, 0.3) is 0 Å². The van der Waals surface area contributed by atoms with Gasteiger partial charge in [0.2, 0.25) is 0 Å². The van der Waals surface area contributed by atoms with E-state index in [0.29, 0.717) is 17.1 Å². The van der Waals surface area contributed by atoms with Gasteiger partial charge in [0, 0.05) is 15.9 Å². The van der Waals surface area contributed by atoms with Crippen LogP contribution in [0.4, 0.5) is 0 Å². The molecule has 6 heteroatoms. The van der Waals surface area contributed by atoms with Gasteiger partial charge >= 0.3 is 347 Å². The number of imidazole rings is 1. The van der Waals surface area contributed by atoms with E-state index in [1.807, 2.05) is 48.5 Å². The second kappa shape index (κ2) is 18.3. The summed E-state index contributed by atoms with van der Waals surface area (Å²) in [5.41, 5.74) is 16.8. The summed E-state index contributed by atoms with van der Waals surface area (Å²) in [5, 5.41) is 2.07. The van der Waals surface area contributed by atoms with Crippen molar-refractivity contribution in [2.45, 2.75) is 84.5 Å². The van der Waals surface area contributed by atoms with Crippen molar-refractivity contribution in [1.29, 1.82) is 0 Å². The predicted octanol–water partition coefficient (Wildman–Crippen LogP) is 17.6. The molecule has 0 amide bonds. The third kappa shape index (κ3) is 8.42. The molecule has 5 nitrogen and oxygen atoms in total. The number of rotatable bonds is 8. The standard InChI is InChI=1S/C67H60N4O.Pt/c1-44-36-64(68-42-58(44)46-22-12-9-13-23-46)71-60-28-15-14-25-55(60)56-35-34-52(41-63(56)71)72-51-33-32-47-24-18-31-59(57(47)40-51)69-43-70(62-30-17-16-29-61(62)69)65-53(45-20-10-8-11-21-45)26-19-27-54(65)48-37-49(66(2,3)4)39-50(38-48)67(5,6)7;/h8-17,19-23,25-30,32-42,59H,18,24,31H2,1-7H3;/i1D3;. The smallest absolute Gasteiger partial charge is 0.0374 e. The van der Waals surface area contributed by atoms with Crippen LogP contribution in [0.1, 0.15) is 92.4 Å². The van der Waals surface area contributed by atoms with E-state index in [2.05, 4.69) is 208 Å². The number of aromatic nitrogens is 4. The number of aryl methyl sites for hydroxylation is 2. The SMILES string of the molecule is [2H]C([2H])([2H])c1cc(-n2c3ccccc3c3ccc(Oc4ccc5c(c4)C(n4[c](=[Pt])n(-c6c(-c7ccccc7)cccc6-c6cc(C(C)(C)C)cc(C(C)(C)C)c6)c6ccccc64)CCC5)cc32)ncc1-c1ccccc1. The van der Waals surface area contributed by atoms with Gasteiger partial charge in [0.15, 0.2) is 0 Å². The predicted molar refractivity (Wildman–Crippen MR) is 299 cm³/mol. The topological polar surface area (TPSA) is 36.9 Å². The Bertz CT molecular complexity index is 4070. The maximum Gasteiger partial charge on any atom is 0.0374 e. The van der Waals surface area contributed by atoms with Crippen molar-refractivity contribution in [1.82, 2.24) is 18.7 Å². The molecule has 0 radical (unpaired) electrons. The van der Waals surface area contributed by atoms with Crippen molar-refractivity contribution in [2.75, 3.05) is 0 Å². The quantitative estimate of drug-likeness (QED) is 0.152. The molecule has 1 aliphatic carbocycles. The molecule has 364 valence electrons. The molecule has 12 rings (SSSR count). The molecule has 0 saturated carbocycles. The van der Waals surface area contributed by atoms with Gasteiger partial charge in [-0.15, -0.1) is 0 Å². The van der Waals surface area contributed by atoms with E-state index in [1.54, 1.807) is 12.3 Å². The number of fused-ring (bicyclic) bond motifs is 5. The minimum atomic E-state index is -2.36. The zero-order valence-corrected chi connectivity index (χ0v) is 44.5. The number of hydrogen-bond donors (Lipinski definition) is 0. The van der Waals surface area contributed by atoms with Crippen LogP contribution in [0.3, 0.4) is 0 Å². The maximum atomic E-state index is 8.60. The number of pyridine rings is 1. The van der Waals surface area contributed by atoms with Crippen molar-refractivity contribution in [3.63, 3.8) is 0 Å². The average Bonchev–Trinajstić information content (AvgIpc) is 4.06. The van der Waals surface area contributed by atoms with Crippen LogP contribution >= 0.6 is 0 Å². The van der Waals surface area contributed by atoms with Gasteiger partial charge in [-0.1, -0.05) is 48.5 Å². The number of hydrogen-bond acceptors (Lipinski definition) is 2. The minimum Gasteiger partial charge on any atom is -0.238 e. The Hall–Kier alpha value is -7.33. The van der Waals surface area contributed by atoms with Crippen LogP contribution in [-0.2, 0) is 36.6 Å². The van der Waals surface area contributed by atoms with Crippen molar-refractivity contribution in [3.05, 3.63) is 226 Å². The Kier molecular flexibility index (Phi) is 10.8. The molecule has 0 spiro atoms. The van der Waals surface area contributed by atoms with Gasteiger partial charge in [0.05, 0.1) is 0 Å². The fourth-order valence-electron chi connectivity index (χ4n) is 11.1. The Balaban J connectivity index is 0.984. The summed E-state index contributed by atoms with van der Waals surface area (Å²) in [6.07, 6.45) is 4.72. The van der Waals surface area contributed by atoms with Crippen LogP contribution in [0, 0.1) is 10.7 Å². The summed E-state index contributed by atoms with van der Waals surface area (Å²) in [6, 6.07) is 66.2. The molecular formula is C67H60N4OPt. The number of para-hydroxylation sites is 4. The first-order chi connectivity index (χ1) is 36.5. The summed E-state index contributed by atoms with van der Waals surface area (Å²) in [5.74, 6) is 1.96. The van der Waals surface area contributed by atoms with E-state index < -0.39 is 6.85 Å². The van der Waals surface area contributed by atoms with Crippen LogP contribution in [0.15, 0.2) is 194 Å². The second-order valence-corrected chi connectivity index (χ2v) is 22.7. The zero-order valence-electron chi connectivity index (χ0n) is 45.2. The van der Waals surface area contributed by atoms with Crippen LogP contribution < -0.4 is 4.74 Å². The summed E-state index contributed by atoms with van der Waals surface area (Å²) >= 11 is 2.60. The van der Waals surface area contributed by atoms with E-state index in [4.69, 9.17) is 13.8 Å². The molecule has 0 aliphatic heterocycles. The first-order valence-corrected chi connectivity index (χ1v) is 26.6. The summed E-state index contributed by atoms with van der Waals surface area (Å²) in [6.45, 7) is 11.5. The molecule has 11 aromatic rings. The normalized spacial score (nSPS) is 14.8. The van der Waals surface area contributed by atoms with Crippen LogP contribution in [0.5, 0.6) is 11.5 Å². The Labute approximate surface area is 444 Å². The number of benzene rings is 8. The van der Waals surface area contributed by atoms with E-state index in [-0.39, 0.29) is 22.4 Å². The van der Waals surface area contributed by atoms with Gasteiger partial charge in [-0.05, 0) is 30.1 Å². The molecule has 3 aromatic heterocycles. The van der Waals surface area contributed by atoms with E-state index in [9.17, 15) is 0 Å². The van der Waals surface area contributed by atoms with Gasteiger partial charge in [-0.25, -0.2) is 4.98 Å². The third-order valence-corrected chi connectivity index (χ3v) is 15.9. The third-order valence-electron chi connectivity index (χ3n) is 14.9. The average molecular weight is 1140 g/mol. The summed E-state index contributed by atoms with van der Waals surface area (Å²) < 4.78 is 41.0. The fourth-order valence-corrected chi connectivity index (χ4v) is 12.2. The van der Waals surface area contributed by atoms with Crippen molar-refractivity contribution in [2.24, 2.45) is 0 Å². The molecule has 1 unspecified atom stereocenters. The number of nitrogens with zero attached hydrogens (tertiary/aromatic N) is 4. The molecule has 0 fully saturated rings. The largest absolute Gasteiger partial charge is 0.238 e. The first kappa shape index (κ1) is 43.3. The molecule has 0 saturated heterocycles. The zero-order chi connectivity index (χ0) is 52.7. The van der Waals surface area contributed by atoms with E-state index in [0.717, 1.165) is 67.4 Å². The van der Waals surface area contributed by atoms with Gasteiger partial charge in [-0.2, -0.15) is 0 Å². The molecular weight excluding hydrogens is 1070 g/mol. The van der Waals surface area contributed by atoms with E-state index >= 15 is 0 Å². The summed E-state index contributed by atoms with van der Waals surface area (Å²) in [4.78, 5) is 4.95. The molecule has 1 aliphatic rings. The van der Waals surface area contributed by atoms with Crippen LogP contribution in [0.2, 0.25) is 0 Å². The first-order valence-electron chi connectivity index (χ1n) is 26.9. The van der Waals surface area contributed by atoms with Crippen LogP contribution in [-0.4, -0.2) is 18.7 Å². The van der Waals surface area contributed by atoms with Crippen molar-refractivity contribution < 1.29 is 28.2 Å². The van der Waals surface area contributed by atoms with Gasteiger partial charge in [-0.3, -0.25) is 0 Å². The van der Waals surface area contributed by atoms with Crippen molar-refractivity contribution >= 4 is 32.8 Å². The number of ether oxygens (including phenoxy) is 1. The Morgan fingerprint density at radius 1 is 0.548 bits per heavy atom. The van der Waals surface area contributed by atoms with Crippen molar-refractivity contribution in [3.8, 4) is 56.4 Å². The molecule has 73 heavy (non-hydrogen) atoms. The molecule has 3 heterocycles. The monoisotopic (exact) mass is 1130 g/mol. The second-order valence-electron chi connectivity index (χ2n) is 21.7. The molecule has 1 atom stereocenters. The van der Waals surface area contributed by atoms with Gasteiger partial charge in [0.1, 0.15) is 0 Å².